The summed E-state index contributed by atoms with van der Waals surface area (Å²) in [5, 5.41) is 0. The Morgan fingerprint density at radius 3 is 1.96 bits per heavy atom. The van der Waals surface area contributed by atoms with Gasteiger partial charge in [-0.2, -0.15) is 0 Å². The number of allylic oxidation sites excluding steroid dienone is 1. The summed E-state index contributed by atoms with van der Waals surface area (Å²) in [4.78, 5) is 43.9. The fourth-order valence-corrected chi connectivity index (χ4v) is 2.02. The van der Waals surface area contributed by atoms with Crippen molar-refractivity contribution in [3.05, 3.63) is 58.9 Å². The molecule has 1 aromatic carbocycles. The maximum atomic E-state index is 12.6. The second-order valence-electron chi connectivity index (χ2n) is 4.75. The number of nitrogens with two attached hydrogens (primary N) is 1. The molecule has 8 nitrogen and oxygen atoms in total. The molecule has 25 heavy (non-hydrogen) atoms. The number of anilines is 1. The van der Waals surface area contributed by atoms with Crippen LogP contribution in [0.15, 0.2) is 36.4 Å². The molecule has 0 radical (unpaired) electrons. The summed E-state index contributed by atoms with van der Waals surface area (Å²) in [5.41, 5.74) is 5.13. The lowest BCUT2D eigenvalue weighted by atomic mass is 10.0. The molecule has 128 valence electrons. The first kappa shape index (κ1) is 17.8. The van der Waals surface area contributed by atoms with E-state index in [9.17, 15) is 14.4 Å². The molecule has 2 N–H and O–H groups in total. The molecule has 0 saturated heterocycles. The molecule has 0 aliphatic rings. The van der Waals surface area contributed by atoms with Crippen LogP contribution in [0.25, 0.3) is 6.08 Å². The van der Waals surface area contributed by atoms with Gasteiger partial charge in [0.2, 0.25) is 5.95 Å². The van der Waals surface area contributed by atoms with Crippen molar-refractivity contribution in [1.82, 2.24) is 9.97 Å². The van der Waals surface area contributed by atoms with Crippen LogP contribution < -0.4 is 5.73 Å². The van der Waals surface area contributed by atoms with Crippen molar-refractivity contribution in [1.29, 1.82) is 0 Å². The van der Waals surface area contributed by atoms with E-state index in [-0.39, 0.29) is 11.5 Å². The Bertz CT molecular complexity index is 810. The topological polar surface area (TPSA) is 121 Å². The molecule has 0 aliphatic carbocycles. The molecule has 2 aromatic rings. The van der Waals surface area contributed by atoms with Crippen molar-refractivity contribution in [2.45, 2.75) is 0 Å². The number of carbonyl (C=O) groups is 3. The lowest BCUT2D eigenvalue weighted by molar-refractivity contribution is 0.0583. The number of carbonyl (C=O) groups excluding carboxylic acids is 3. The van der Waals surface area contributed by atoms with E-state index >= 15 is 0 Å². The molecule has 0 bridgehead atoms. The molecule has 0 spiro atoms. The summed E-state index contributed by atoms with van der Waals surface area (Å²) in [6.45, 7) is 0. The fraction of sp³-hybridized carbons (Fsp3) is 0.118. The van der Waals surface area contributed by atoms with Gasteiger partial charge in [-0.1, -0.05) is 36.4 Å². The highest BCUT2D eigenvalue weighted by Crippen LogP contribution is 2.17. The Morgan fingerprint density at radius 1 is 0.960 bits per heavy atom. The predicted molar refractivity (Wildman–Crippen MR) is 88.9 cm³/mol. The van der Waals surface area contributed by atoms with Crippen molar-refractivity contribution in [3.8, 4) is 0 Å². The van der Waals surface area contributed by atoms with Gasteiger partial charge in [0.1, 0.15) is 0 Å². The number of hydrogen-bond donors (Lipinski definition) is 1. The zero-order valence-electron chi connectivity index (χ0n) is 13.6. The summed E-state index contributed by atoms with van der Waals surface area (Å²) >= 11 is 0. The molecular formula is C17H15N3O5. The van der Waals surface area contributed by atoms with Gasteiger partial charge in [0.15, 0.2) is 17.2 Å². The number of nitrogen functional groups attached to an aromatic ring is 1. The Kier molecular flexibility index (Phi) is 5.57. The zero-order chi connectivity index (χ0) is 18.4. The van der Waals surface area contributed by atoms with E-state index in [0.29, 0.717) is 0 Å². The van der Waals surface area contributed by atoms with Gasteiger partial charge >= 0.3 is 11.9 Å². The summed E-state index contributed by atoms with van der Waals surface area (Å²) in [6.07, 6.45) is 2.73. The van der Waals surface area contributed by atoms with E-state index in [1.807, 2.05) is 6.07 Å². The van der Waals surface area contributed by atoms with Crippen LogP contribution >= 0.6 is 0 Å². The Labute approximate surface area is 143 Å². The highest BCUT2D eigenvalue weighted by molar-refractivity contribution is 6.16. The van der Waals surface area contributed by atoms with Crippen LogP contribution in [-0.4, -0.2) is 41.9 Å². The number of hydrogen-bond acceptors (Lipinski definition) is 8. The second kappa shape index (κ2) is 7.82. The molecule has 1 aromatic heterocycles. The minimum atomic E-state index is -0.921. The molecule has 0 amide bonds. The molecule has 0 atom stereocenters. The number of esters is 2. The third-order valence-corrected chi connectivity index (χ3v) is 3.16. The monoisotopic (exact) mass is 341 g/mol. The minimum Gasteiger partial charge on any atom is -0.464 e. The van der Waals surface area contributed by atoms with E-state index in [0.717, 1.165) is 19.8 Å². The first-order valence-electron chi connectivity index (χ1n) is 7.09. The highest BCUT2D eigenvalue weighted by Gasteiger charge is 2.28. The maximum absolute atomic E-state index is 12.6. The van der Waals surface area contributed by atoms with Crippen LogP contribution in [-0.2, 0) is 9.47 Å². The molecular weight excluding hydrogens is 326 g/mol. The maximum Gasteiger partial charge on any atom is 0.357 e. The van der Waals surface area contributed by atoms with Gasteiger partial charge in [0.25, 0.3) is 0 Å². The first-order chi connectivity index (χ1) is 12.0. The van der Waals surface area contributed by atoms with Gasteiger partial charge in [0.05, 0.1) is 19.8 Å². The molecule has 0 fully saturated rings. The zero-order valence-corrected chi connectivity index (χ0v) is 13.6. The molecule has 0 saturated carbocycles. The third-order valence-electron chi connectivity index (χ3n) is 3.16. The third kappa shape index (κ3) is 4.05. The van der Waals surface area contributed by atoms with Crippen molar-refractivity contribution in [3.63, 3.8) is 0 Å². The van der Waals surface area contributed by atoms with Crippen molar-refractivity contribution < 1.29 is 23.9 Å². The fourth-order valence-electron chi connectivity index (χ4n) is 2.02. The predicted octanol–water partition coefficient (Wildman–Crippen LogP) is 1.53. The van der Waals surface area contributed by atoms with Crippen LogP contribution in [0.2, 0.25) is 0 Å². The van der Waals surface area contributed by atoms with E-state index in [4.69, 9.17) is 5.73 Å². The summed E-state index contributed by atoms with van der Waals surface area (Å²) < 4.78 is 9.20. The summed E-state index contributed by atoms with van der Waals surface area (Å²) in [7, 11) is 2.24. The van der Waals surface area contributed by atoms with Gasteiger partial charge in [-0.3, -0.25) is 4.79 Å². The van der Waals surface area contributed by atoms with Gasteiger partial charge < -0.3 is 15.2 Å². The van der Waals surface area contributed by atoms with E-state index < -0.39 is 29.1 Å². The van der Waals surface area contributed by atoms with Crippen LogP contribution in [0.3, 0.4) is 0 Å². The van der Waals surface area contributed by atoms with Gasteiger partial charge in [-0.05, 0) is 11.6 Å². The van der Waals surface area contributed by atoms with Gasteiger partial charge in [0, 0.05) is 0 Å². The van der Waals surface area contributed by atoms with Crippen LogP contribution in [0.1, 0.15) is 36.9 Å². The normalized spacial score (nSPS) is 10.5. The van der Waals surface area contributed by atoms with Crippen molar-refractivity contribution in [2.75, 3.05) is 20.0 Å². The molecule has 0 aliphatic heterocycles. The van der Waals surface area contributed by atoms with Crippen LogP contribution in [0.5, 0.6) is 0 Å². The number of ketones is 1. The number of ether oxygens (including phenoxy) is 2. The number of rotatable bonds is 5. The molecule has 8 heteroatoms. The van der Waals surface area contributed by atoms with E-state index in [2.05, 4.69) is 19.4 Å². The summed E-state index contributed by atoms with van der Waals surface area (Å²) in [5.74, 6) is -2.86. The number of benzene rings is 1. The van der Waals surface area contributed by atoms with Gasteiger partial charge in [-0.25, -0.2) is 19.6 Å². The molecule has 0 unspecified atom stereocenters. The van der Waals surface area contributed by atoms with Crippen LogP contribution in [0, 0.1) is 0 Å². The smallest absolute Gasteiger partial charge is 0.357 e. The SMILES string of the molecule is COC(=O)c1nc(N)nc(C(=O)OC)c1C(=O)/C=C\c1ccccc1. The average Bonchev–Trinajstić information content (AvgIpc) is 2.64. The Morgan fingerprint density at radius 2 is 1.48 bits per heavy atom. The Balaban J connectivity index is 2.56. The molecule has 1 heterocycles. The second-order valence-corrected chi connectivity index (χ2v) is 4.75. The lowest BCUT2D eigenvalue weighted by Gasteiger charge is -2.09. The number of methoxy groups -OCH3 is 2. The van der Waals surface area contributed by atoms with Gasteiger partial charge in [-0.15, -0.1) is 0 Å². The lowest BCUT2D eigenvalue weighted by Crippen LogP contribution is -2.21. The number of nitrogens with zero attached hydrogens (tertiary/aromatic N) is 2. The minimum absolute atomic E-state index is 0.333. The van der Waals surface area contributed by atoms with E-state index in [1.54, 1.807) is 24.3 Å². The largest absolute Gasteiger partial charge is 0.464 e. The number of aromatic nitrogens is 2. The first-order valence-corrected chi connectivity index (χ1v) is 7.09. The summed E-state index contributed by atoms with van der Waals surface area (Å²) in [6, 6.07) is 9.00. The van der Waals surface area contributed by atoms with E-state index in [1.165, 1.54) is 12.2 Å². The highest BCUT2D eigenvalue weighted by atomic mass is 16.5. The van der Waals surface area contributed by atoms with Crippen LogP contribution in [0.4, 0.5) is 5.95 Å². The Hall–Kier alpha value is -3.55. The molecule has 2 rings (SSSR count). The van der Waals surface area contributed by atoms with Crippen molar-refractivity contribution >= 4 is 29.7 Å². The van der Waals surface area contributed by atoms with Crippen molar-refractivity contribution in [2.24, 2.45) is 0 Å². The average molecular weight is 341 g/mol. The quantitative estimate of drug-likeness (QED) is 0.493. The standard InChI is InChI=1S/C17H15N3O5/c1-24-15(22)13-12(14(16(23)25-2)20-17(18)19-13)11(21)9-8-10-6-4-3-5-7-10/h3-9H,1-2H3,(H2,18,19,20)/b9-8-.